The lowest BCUT2D eigenvalue weighted by Crippen LogP contribution is -2.80. The summed E-state index contributed by atoms with van der Waals surface area (Å²) in [7, 11) is 0. The zero-order valence-electron chi connectivity index (χ0n) is 12.7. The number of aliphatic carboxylic acids is 2. The fourth-order valence-electron chi connectivity index (χ4n) is 1.44. The van der Waals surface area contributed by atoms with Gasteiger partial charge in [-0.15, -0.1) is 0 Å². The van der Waals surface area contributed by atoms with Crippen molar-refractivity contribution in [1.82, 2.24) is 0 Å². The van der Waals surface area contributed by atoms with Crippen LogP contribution in [-0.4, -0.2) is 50.5 Å². The highest BCUT2D eigenvalue weighted by Crippen LogP contribution is 2.12. The molecule has 0 radical (unpaired) electrons. The van der Waals surface area contributed by atoms with Gasteiger partial charge in [0.2, 0.25) is 0 Å². The minimum atomic E-state index is -5.19. The summed E-state index contributed by atoms with van der Waals surface area (Å²) >= 11 is 0. The lowest BCUT2D eigenvalue weighted by atomic mass is 10.4. The molecular formula is C12H20F6N2O4. The molecule has 4 N–H and O–H groups in total. The summed E-state index contributed by atoms with van der Waals surface area (Å²) in [6, 6.07) is 0. The van der Waals surface area contributed by atoms with Gasteiger partial charge < -0.3 is 30.4 Å². The van der Waals surface area contributed by atoms with Gasteiger partial charge in [-0.3, -0.25) is 0 Å². The number of carbonyl (C=O) groups is 2. The second-order valence-electron chi connectivity index (χ2n) is 4.72. The van der Waals surface area contributed by atoms with E-state index in [0.717, 1.165) is 0 Å². The van der Waals surface area contributed by atoms with Crippen molar-refractivity contribution in [3.05, 3.63) is 0 Å². The Morgan fingerprint density at radius 1 is 0.625 bits per heavy atom. The smallest absolute Gasteiger partial charge is 0.430 e. The van der Waals surface area contributed by atoms with Crippen LogP contribution in [-0.2, 0) is 9.59 Å². The summed E-state index contributed by atoms with van der Waals surface area (Å²) < 4.78 is 63.1. The van der Waals surface area contributed by atoms with E-state index in [0.29, 0.717) is 0 Å². The van der Waals surface area contributed by atoms with Crippen molar-refractivity contribution in [3.8, 4) is 0 Å². The van der Waals surface area contributed by atoms with E-state index in [9.17, 15) is 26.3 Å². The number of nitrogens with two attached hydrogens (primary N) is 2. The molecule has 0 atom stereocenters. The van der Waals surface area contributed by atoms with Gasteiger partial charge in [-0.25, -0.2) is 0 Å². The van der Waals surface area contributed by atoms with Gasteiger partial charge in [-0.1, -0.05) is 0 Å². The first-order valence-electron chi connectivity index (χ1n) is 7.08. The summed E-state index contributed by atoms with van der Waals surface area (Å²) in [6.07, 6.45) is -4.61. The van der Waals surface area contributed by atoms with E-state index in [2.05, 4.69) is 10.6 Å². The normalized spacial score (nSPS) is 16.6. The number of hydrogen-bond donors (Lipinski definition) is 2. The molecule has 2 saturated heterocycles. The van der Waals surface area contributed by atoms with Crippen LogP contribution in [0.5, 0.6) is 0 Å². The third kappa shape index (κ3) is 18.5. The predicted molar refractivity (Wildman–Crippen MR) is 63.9 cm³/mol. The second kappa shape index (κ2) is 12.8. The minimum Gasteiger partial charge on any atom is -0.542 e. The lowest BCUT2D eigenvalue weighted by Gasteiger charge is -2.03. The first-order chi connectivity index (χ1) is 10.9. The van der Waals surface area contributed by atoms with Crippen molar-refractivity contribution >= 4 is 11.9 Å². The molecule has 12 heteroatoms. The molecule has 0 aliphatic carbocycles. The number of rotatable bonds is 0. The summed E-state index contributed by atoms with van der Waals surface area (Å²) in [5.74, 6) is -6.01. The van der Waals surface area contributed by atoms with E-state index in [4.69, 9.17) is 19.8 Å². The molecule has 0 aromatic carbocycles. The van der Waals surface area contributed by atoms with Crippen LogP contribution in [0, 0.1) is 0 Å². The summed E-state index contributed by atoms with van der Waals surface area (Å²) in [6.45, 7) is 5.50. The number of hydrogen-bond acceptors (Lipinski definition) is 4. The van der Waals surface area contributed by atoms with Crippen LogP contribution in [0.15, 0.2) is 0 Å². The van der Waals surface area contributed by atoms with Crippen LogP contribution in [0.4, 0.5) is 26.3 Å². The molecule has 0 saturated carbocycles. The number of alkyl halides is 6. The minimum absolute atomic E-state index is 1.38. The van der Waals surface area contributed by atoms with Crippen molar-refractivity contribution in [2.75, 3.05) is 26.2 Å². The molecule has 6 nitrogen and oxygen atoms in total. The Balaban J connectivity index is 0. The van der Waals surface area contributed by atoms with Crippen molar-refractivity contribution in [2.24, 2.45) is 0 Å². The summed E-state index contributed by atoms with van der Waals surface area (Å²) in [5.41, 5.74) is 0. The Bertz CT molecular complexity index is 303. The molecule has 0 bridgehead atoms. The van der Waals surface area contributed by atoms with Gasteiger partial charge in [0, 0.05) is 25.7 Å². The van der Waals surface area contributed by atoms with Crippen LogP contribution in [0.2, 0.25) is 0 Å². The van der Waals surface area contributed by atoms with Gasteiger partial charge in [-0.05, 0) is 0 Å². The first kappa shape index (κ1) is 24.7. The number of halogens is 6. The fourth-order valence-corrected chi connectivity index (χ4v) is 1.44. The monoisotopic (exact) mass is 370 g/mol. The van der Waals surface area contributed by atoms with Gasteiger partial charge >= 0.3 is 12.4 Å². The maximum absolute atomic E-state index is 10.5. The van der Waals surface area contributed by atoms with Crippen LogP contribution >= 0.6 is 0 Å². The Morgan fingerprint density at radius 2 is 0.792 bits per heavy atom. The van der Waals surface area contributed by atoms with E-state index in [1.165, 1.54) is 51.9 Å². The zero-order valence-corrected chi connectivity index (χ0v) is 12.7. The molecular weight excluding hydrogens is 350 g/mol. The van der Waals surface area contributed by atoms with Crippen LogP contribution in [0.25, 0.3) is 0 Å². The van der Waals surface area contributed by atoms with Crippen LogP contribution < -0.4 is 20.8 Å². The zero-order chi connectivity index (χ0) is 19.2. The maximum atomic E-state index is 10.5. The number of quaternary nitrogens is 2. The molecule has 0 aromatic rings. The number of carbonyl (C=O) groups excluding carboxylic acids is 2. The van der Waals surface area contributed by atoms with Gasteiger partial charge in [0.15, 0.2) is 0 Å². The predicted octanol–water partition coefficient (Wildman–Crippen LogP) is -2.72. The SMILES string of the molecule is C1CC[NH2+]C1.C1CC[NH2+]C1.O=C([O-])C(F)(F)F.O=C([O-])C(F)(F)F. The standard InChI is InChI=1S/2C4H9N.2C2HF3O2/c2*1-2-4-5-3-1;2*3-2(4,5)1(6)7/h2*5H,1-4H2;2*(H,6,7). The fraction of sp³-hybridized carbons (Fsp3) is 0.833. The maximum Gasteiger partial charge on any atom is 0.430 e. The molecule has 0 spiro atoms. The van der Waals surface area contributed by atoms with Crippen LogP contribution in [0.3, 0.4) is 0 Å². The van der Waals surface area contributed by atoms with Gasteiger partial charge in [0.1, 0.15) is 11.9 Å². The number of carboxylic acid groups (broad SMARTS) is 2. The highest BCUT2D eigenvalue weighted by atomic mass is 19.4. The first-order valence-corrected chi connectivity index (χ1v) is 7.08. The van der Waals surface area contributed by atoms with Crippen molar-refractivity contribution in [1.29, 1.82) is 0 Å². The lowest BCUT2D eigenvalue weighted by molar-refractivity contribution is -0.635. The van der Waals surface area contributed by atoms with E-state index >= 15 is 0 Å². The topological polar surface area (TPSA) is 113 Å². The van der Waals surface area contributed by atoms with Gasteiger partial charge in [0.05, 0.1) is 26.2 Å². The second-order valence-corrected chi connectivity index (χ2v) is 4.72. The van der Waals surface area contributed by atoms with Crippen molar-refractivity contribution in [3.63, 3.8) is 0 Å². The third-order valence-electron chi connectivity index (χ3n) is 2.60. The third-order valence-corrected chi connectivity index (χ3v) is 2.60. The quantitative estimate of drug-likeness (QED) is 0.451. The molecule has 0 amide bonds. The molecule has 2 rings (SSSR count). The Labute approximate surface area is 134 Å². The molecule has 24 heavy (non-hydrogen) atoms. The average molecular weight is 370 g/mol. The van der Waals surface area contributed by atoms with Gasteiger partial charge in [0.25, 0.3) is 0 Å². The Hall–Kier alpha value is -1.56. The average Bonchev–Trinajstić information content (AvgIpc) is 3.16. The van der Waals surface area contributed by atoms with Crippen LogP contribution in [0.1, 0.15) is 25.7 Å². The number of carboxylic acids is 2. The van der Waals surface area contributed by atoms with Crippen molar-refractivity contribution in [2.45, 2.75) is 38.0 Å². The highest BCUT2D eigenvalue weighted by Gasteiger charge is 2.29. The molecule has 2 heterocycles. The molecule has 0 unspecified atom stereocenters. The van der Waals surface area contributed by atoms with E-state index in [-0.39, 0.29) is 0 Å². The van der Waals surface area contributed by atoms with E-state index < -0.39 is 24.3 Å². The molecule has 144 valence electrons. The van der Waals surface area contributed by atoms with E-state index in [1.54, 1.807) is 0 Å². The molecule has 2 aliphatic heterocycles. The molecule has 0 aromatic heterocycles. The molecule has 2 aliphatic rings. The van der Waals surface area contributed by atoms with Gasteiger partial charge in [-0.2, -0.15) is 26.3 Å². The van der Waals surface area contributed by atoms with E-state index in [1.807, 2.05) is 0 Å². The highest BCUT2D eigenvalue weighted by molar-refractivity contribution is 5.71. The largest absolute Gasteiger partial charge is 0.542 e. The van der Waals surface area contributed by atoms with Crippen molar-refractivity contribution < 1.29 is 56.8 Å². The summed E-state index contributed by atoms with van der Waals surface area (Å²) in [4.78, 5) is 17.6. The Kier molecular flexibility index (Phi) is 13.2. The Morgan fingerprint density at radius 3 is 0.833 bits per heavy atom. The molecule has 2 fully saturated rings. The summed E-state index contributed by atoms with van der Waals surface area (Å²) in [5, 5.41) is 22.3.